The van der Waals surface area contributed by atoms with E-state index in [-0.39, 0.29) is 48.9 Å². The second-order valence-electron chi connectivity index (χ2n) is 18.9. The average Bonchev–Trinajstić information content (AvgIpc) is 3.28. The van der Waals surface area contributed by atoms with E-state index in [2.05, 4.69) is 27.7 Å². The highest BCUT2D eigenvalue weighted by Gasteiger charge is 2.22. The van der Waals surface area contributed by atoms with Gasteiger partial charge in [0.1, 0.15) is 12.7 Å². The van der Waals surface area contributed by atoms with Crippen molar-refractivity contribution in [2.45, 2.75) is 265 Å². The van der Waals surface area contributed by atoms with E-state index in [0.717, 1.165) is 103 Å². The third-order valence-electron chi connectivity index (χ3n) is 12.6. The first-order chi connectivity index (χ1) is 31.2. The van der Waals surface area contributed by atoms with Crippen LogP contribution < -0.4 is 0 Å². The van der Waals surface area contributed by atoms with Gasteiger partial charge in [-0.3, -0.25) is 19.2 Å². The molecule has 0 saturated heterocycles. The number of carbonyl (C=O) groups excluding carboxylic acids is 4. The lowest BCUT2D eigenvalue weighted by atomic mass is 9.94. The Morgan fingerprint density at radius 2 is 0.781 bits per heavy atom. The molecule has 0 spiro atoms. The van der Waals surface area contributed by atoms with Gasteiger partial charge < -0.3 is 29.0 Å². The minimum atomic E-state index is -0.608. The zero-order chi connectivity index (χ0) is 47.1. The van der Waals surface area contributed by atoms with E-state index in [0.29, 0.717) is 52.0 Å². The van der Waals surface area contributed by atoms with Gasteiger partial charge in [-0.25, -0.2) is 0 Å². The number of ether oxygens (including phenoxy) is 4. The van der Waals surface area contributed by atoms with E-state index in [1.807, 2.05) is 11.9 Å². The van der Waals surface area contributed by atoms with Crippen molar-refractivity contribution in [3.05, 3.63) is 0 Å². The van der Waals surface area contributed by atoms with Crippen LogP contribution in [0.25, 0.3) is 0 Å². The third-order valence-corrected chi connectivity index (χ3v) is 12.6. The summed E-state index contributed by atoms with van der Waals surface area (Å²) in [6, 6.07) is 0. The molecule has 0 aromatic heterocycles. The number of nitrogens with zero attached hydrogens (tertiary/aromatic N) is 1. The molecular weight excluding hydrogens is 807 g/mol. The zero-order valence-electron chi connectivity index (χ0n) is 42.6. The van der Waals surface area contributed by atoms with Crippen molar-refractivity contribution in [3.8, 4) is 0 Å². The zero-order valence-corrected chi connectivity index (χ0v) is 42.6. The molecule has 10 heteroatoms. The molecule has 0 aliphatic carbocycles. The van der Waals surface area contributed by atoms with Crippen LogP contribution in [0.4, 0.5) is 0 Å². The van der Waals surface area contributed by atoms with Crippen LogP contribution in [-0.2, 0) is 38.1 Å². The normalized spacial score (nSPS) is 12.9. The average molecular weight is 910 g/mol. The summed E-state index contributed by atoms with van der Waals surface area (Å²) in [5.41, 5.74) is 0. The molecule has 0 saturated carbocycles. The standard InChI is InChI=1S/C54H103NO9/c1-6-10-14-18-22-30-38-48(36-28-16-12-8-3)53(59)61-44-34-26-20-24-32-40-51(57)63-47-50(46-55(5)42-43-56)64-52(58)41-33-25-21-27-35-45-62-54(60)49(37-29-17-13-9-4)39-31-23-19-15-11-7-2/h48-50,56H,6-47H2,1-5H3. The predicted molar refractivity (Wildman–Crippen MR) is 263 cm³/mol. The lowest BCUT2D eigenvalue weighted by Gasteiger charge is -2.23. The highest BCUT2D eigenvalue weighted by atomic mass is 16.6. The molecule has 378 valence electrons. The van der Waals surface area contributed by atoms with Gasteiger partial charge in [0.25, 0.3) is 0 Å². The van der Waals surface area contributed by atoms with E-state index in [4.69, 9.17) is 18.9 Å². The Morgan fingerprint density at radius 3 is 1.19 bits per heavy atom. The molecule has 10 nitrogen and oxygen atoms in total. The molecule has 0 aliphatic rings. The van der Waals surface area contributed by atoms with Crippen LogP contribution in [-0.4, -0.2) is 86.6 Å². The van der Waals surface area contributed by atoms with Crippen molar-refractivity contribution in [2.75, 3.05) is 46.6 Å². The molecule has 0 amide bonds. The van der Waals surface area contributed by atoms with Crippen molar-refractivity contribution < 1.29 is 43.2 Å². The van der Waals surface area contributed by atoms with E-state index >= 15 is 0 Å². The summed E-state index contributed by atoms with van der Waals surface area (Å²) in [6.45, 7) is 10.6. The Labute approximate surface area is 394 Å². The van der Waals surface area contributed by atoms with Crippen LogP contribution in [0, 0.1) is 11.8 Å². The maximum absolute atomic E-state index is 12.9. The van der Waals surface area contributed by atoms with E-state index in [1.54, 1.807) is 0 Å². The quantitative estimate of drug-likeness (QED) is 0.0358. The summed E-state index contributed by atoms with van der Waals surface area (Å²) in [7, 11) is 1.84. The van der Waals surface area contributed by atoms with Gasteiger partial charge in [0.05, 0.1) is 31.7 Å². The number of rotatable bonds is 49. The Balaban J connectivity index is 4.41. The summed E-state index contributed by atoms with van der Waals surface area (Å²) in [4.78, 5) is 53.1. The van der Waals surface area contributed by atoms with Crippen LogP contribution in [0.15, 0.2) is 0 Å². The van der Waals surface area contributed by atoms with Crippen molar-refractivity contribution in [2.24, 2.45) is 11.8 Å². The largest absolute Gasteiger partial charge is 0.465 e. The lowest BCUT2D eigenvalue weighted by molar-refractivity contribution is -0.160. The topological polar surface area (TPSA) is 129 Å². The molecule has 0 aromatic rings. The van der Waals surface area contributed by atoms with Crippen molar-refractivity contribution in [1.29, 1.82) is 0 Å². The number of unbranched alkanes of at least 4 members (excludes halogenated alkanes) is 24. The van der Waals surface area contributed by atoms with Crippen LogP contribution in [0.1, 0.15) is 259 Å². The monoisotopic (exact) mass is 910 g/mol. The van der Waals surface area contributed by atoms with E-state index < -0.39 is 6.10 Å². The number of carbonyl (C=O) groups is 4. The van der Waals surface area contributed by atoms with Crippen molar-refractivity contribution in [1.82, 2.24) is 4.90 Å². The molecule has 0 radical (unpaired) electrons. The number of aliphatic hydroxyl groups excluding tert-OH is 1. The SMILES string of the molecule is CCCCCCCCC(CCCCCC)C(=O)OCCCCCCCC(=O)OCC(CN(C)CCO)OC(=O)CCCCCCCOC(=O)C(CCCCCC)CCCCCCCC. The molecule has 0 aliphatic heterocycles. The van der Waals surface area contributed by atoms with Gasteiger partial charge in [-0.05, 0) is 58.4 Å². The molecular formula is C54H103NO9. The second-order valence-corrected chi connectivity index (χ2v) is 18.9. The first-order valence-electron chi connectivity index (χ1n) is 27.2. The van der Waals surface area contributed by atoms with Gasteiger partial charge in [-0.15, -0.1) is 0 Å². The van der Waals surface area contributed by atoms with E-state index in [9.17, 15) is 24.3 Å². The minimum absolute atomic E-state index is 0.0125. The smallest absolute Gasteiger partial charge is 0.308 e. The van der Waals surface area contributed by atoms with Gasteiger partial charge in [0.2, 0.25) is 0 Å². The summed E-state index contributed by atoms with van der Waals surface area (Å²) in [6.07, 6.45) is 36.6. The maximum atomic E-state index is 12.9. The fourth-order valence-corrected chi connectivity index (χ4v) is 8.36. The summed E-state index contributed by atoms with van der Waals surface area (Å²) >= 11 is 0. The third kappa shape index (κ3) is 40.1. The number of likely N-dealkylation sites (N-methyl/N-ethyl adjacent to an activating group) is 1. The van der Waals surface area contributed by atoms with Gasteiger partial charge in [0.15, 0.2) is 0 Å². The molecule has 0 aromatic carbocycles. The Kier molecular flexibility index (Phi) is 45.7. The Bertz CT molecular complexity index is 1070. The first-order valence-corrected chi connectivity index (χ1v) is 27.2. The fourth-order valence-electron chi connectivity index (χ4n) is 8.36. The van der Waals surface area contributed by atoms with Gasteiger partial charge in [0, 0.05) is 25.9 Å². The molecule has 1 N–H and O–H groups in total. The van der Waals surface area contributed by atoms with Gasteiger partial charge in [-0.2, -0.15) is 0 Å². The molecule has 0 fully saturated rings. The summed E-state index contributed by atoms with van der Waals surface area (Å²) < 4.78 is 22.8. The highest BCUT2D eigenvalue weighted by molar-refractivity contribution is 5.73. The maximum Gasteiger partial charge on any atom is 0.308 e. The van der Waals surface area contributed by atoms with Gasteiger partial charge in [-0.1, -0.05) is 195 Å². The van der Waals surface area contributed by atoms with Gasteiger partial charge >= 0.3 is 23.9 Å². The van der Waals surface area contributed by atoms with Crippen molar-refractivity contribution >= 4 is 23.9 Å². The number of esters is 4. The highest BCUT2D eigenvalue weighted by Crippen LogP contribution is 2.22. The number of aliphatic hydroxyl groups is 1. The predicted octanol–water partition coefficient (Wildman–Crippen LogP) is 13.8. The summed E-state index contributed by atoms with van der Waals surface area (Å²) in [5.74, 6) is -0.595. The number of hydrogen-bond acceptors (Lipinski definition) is 10. The molecule has 64 heavy (non-hydrogen) atoms. The minimum Gasteiger partial charge on any atom is -0.465 e. The Hall–Kier alpha value is -2.20. The van der Waals surface area contributed by atoms with Crippen LogP contribution in [0.2, 0.25) is 0 Å². The van der Waals surface area contributed by atoms with Crippen LogP contribution in [0.3, 0.4) is 0 Å². The second kappa shape index (κ2) is 47.3. The van der Waals surface area contributed by atoms with Crippen LogP contribution >= 0.6 is 0 Å². The van der Waals surface area contributed by atoms with Crippen LogP contribution in [0.5, 0.6) is 0 Å². The fraction of sp³-hybridized carbons (Fsp3) is 0.926. The molecule has 3 unspecified atom stereocenters. The van der Waals surface area contributed by atoms with Crippen molar-refractivity contribution in [3.63, 3.8) is 0 Å². The molecule has 0 bridgehead atoms. The van der Waals surface area contributed by atoms with E-state index in [1.165, 1.54) is 103 Å². The lowest BCUT2D eigenvalue weighted by Crippen LogP contribution is -2.37. The molecule has 3 atom stereocenters. The Morgan fingerprint density at radius 1 is 0.438 bits per heavy atom. The molecule has 0 rings (SSSR count). The number of hydrogen-bond donors (Lipinski definition) is 1. The first kappa shape index (κ1) is 61.8. The summed E-state index contributed by atoms with van der Waals surface area (Å²) in [5, 5.41) is 9.38. The molecule has 0 heterocycles.